The summed E-state index contributed by atoms with van der Waals surface area (Å²) < 4.78 is 6.88. The zero-order chi connectivity index (χ0) is 21.1. The van der Waals surface area contributed by atoms with Gasteiger partial charge in [-0.25, -0.2) is 0 Å². The van der Waals surface area contributed by atoms with E-state index in [2.05, 4.69) is 52.7 Å². The van der Waals surface area contributed by atoms with E-state index < -0.39 is 0 Å². The van der Waals surface area contributed by atoms with Gasteiger partial charge in [0.05, 0.1) is 25.8 Å². The summed E-state index contributed by atoms with van der Waals surface area (Å²) in [5.74, 6) is 1.20. The Balaban J connectivity index is 1.50. The molecule has 1 N–H and O–H groups in total. The van der Waals surface area contributed by atoms with Crippen LogP contribution in [0.25, 0.3) is 16.9 Å². The molecule has 0 atom stereocenters. The highest BCUT2D eigenvalue weighted by atomic mass is 16.5. The van der Waals surface area contributed by atoms with E-state index in [0.717, 1.165) is 22.6 Å². The van der Waals surface area contributed by atoms with Crippen molar-refractivity contribution in [2.75, 3.05) is 7.11 Å². The summed E-state index contributed by atoms with van der Waals surface area (Å²) in [4.78, 5) is 12.4. The molecule has 0 spiro atoms. The number of amides is 1. The third-order valence-corrected chi connectivity index (χ3v) is 5.07. The molecule has 0 bridgehead atoms. The Bertz CT molecular complexity index is 1220. The number of nitrogens with zero attached hydrogens (tertiary/aromatic N) is 4. The lowest BCUT2D eigenvalue weighted by atomic mass is 10.0. The van der Waals surface area contributed by atoms with Gasteiger partial charge in [-0.2, -0.15) is 9.61 Å². The van der Waals surface area contributed by atoms with E-state index in [1.807, 2.05) is 36.4 Å². The van der Waals surface area contributed by atoms with E-state index in [4.69, 9.17) is 4.74 Å². The molecule has 0 saturated carbocycles. The van der Waals surface area contributed by atoms with Crippen LogP contribution in [0.4, 0.5) is 0 Å². The first-order valence-electron chi connectivity index (χ1n) is 9.72. The van der Waals surface area contributed by atoms with E-state index >= 15 is 0 Å². The number of rotatable bonds is 6. The van der Waals surface area contributed by atoms with Crippen LogP contribution in [0.2, 0.25) is 0 Å². The molecule has 7 nitrogen and oxygen atoms in total. The molecule has 0 unspecified atom stereocenters. The van der Waals surface area contributed by atoms with Crippen LogP contribution in [0.5, 0.6) is 5.75 Å². The molecule has 4 rings (SSSR count). The second-order valence-electron chi connectivity index (χ2n) is 7.21. The molecule has 0 fully saturated rings. The van der Waals surface area contributed by atoms with Crippen molar-refractivity contribution in [1.82, 2.24) is 25.1 Å². The fourth-order valence-corrected chi connectivity index (χ4v) is 3.21. The number of benzene rings is 2. The smallest absolute Gasteiger partial charge is 0.224 e. The van der Waals surface area contributed by atoms with Crippen LogP contribution in [-0.2, 0) is 17.8 Å². The molecule has 2 aromatic heterocycles. The van der Waals surface area contributed by atoms with Gasteiger partial charge in [-0.05, 0) is 60.9 Å². The standard InChI is InChI=1S/C23H23N5O2/c1-15-7-8-18(11-16(15)2)20-9-10-21-25-26-22(28(21)27-20)14-24-23(29)13-17-5-4-6-19(12-17)30-3/h4-12H,13-14H2,1-3H3,(H,24,29). The van der Waals surface area contributed by atoms with Gasteiger partial charge in [0.15, 0.2) is 11.5 Å². The summed E-state index contributed by atoms with van der Waals surface area (Å²) >= 11 is 0. The van der Waals surface area contributed by atoms with Gasteiger partial charge in [0, 0.05) is 5.56 Å². The third kappa shape index (κ3) is 4.15. The van der Waals surface area contributed by atoms with Crippen molar-refractivity contribution in [2.45, 2.75) is 26.8 Å². The fourth-order valence-electron chi connectivity index (χ4n) is 3.21. The lowest BCUT2D eigenvalue weighted by Crippen LogP contribution is -2.25. The van der Waals surface area contributed by atoms with Crippen LogP contribution >= 0.6 is 0 Å². The number of ether oxygens (including phenoxy) is 1. The lowest BCUT2D eigenvalue weighted by molar-refractivity contribution is -0.120. The highest BCUT2D eigenvalue weighted by molar-refractivity contribution is 5.78. The Morgan fingerprint density at radius 3 is 2.70 bits per heavy atom. The van der Waals surface area contributed by atoms with E-state index in [1.165, 1.54) is 11.1 Å². The summed E-state index contributed by atoms with van der Waals surface area (Å²) in [6, 6.07) is 17.5. The third-order valence-electron chi connectivity index (χ3n) is 5.07. The van der Waals surface area contributed by atoms with Gasteiger partial charge in [-0.15, -0.1) is 10.2 Å². The monoisotopic (exact) mass is 401 g/mol. The van der Waals surface area contributed by atoms with Gasteiger partial charge in [0.25, 0.3) is 0 Å². The van der Waals surface area contributed by atoms with Gasteiger partial charge in [-0.3, -0.25) is 4.79 Å². The molecule has 152 valence electrons. The average molecular weight is 401 g/mol. The minimum absolute atomic E-state index is 0.106. The maximum atomic E-state index is 12.4. The van der Waals surface area contributed by atoms with Crippen molar-refractivity contribution in [2.24, 2.45) is 0 Å². The Hall–Kier alpha value is -3.74. The Morgan fingerprint density at radius 2 is 1.90 bits per heavy atom. The largest absolute Gasteiger partial charge is 0.497 e. The summed E-state index contributed by atoms with van der Waals surface area (Å²) in [6.45, 7) is 4.41. The van der Waals surface area contributed by atoms with Gasteiger partial charge < -0.3 is 10.1 Å². The average Bonchev–Trinajstić information content (AvgIpc) is 3.16. The highest BCUT2D eigenvalue weighted by Gasteiger charge is 2.11. The molecule has 2 aromatic carbocycles. The number of carbonyl (C=O) groups excluding carboxylic acids is 1. The first-order valence-corrected chi connectivity index (χ1v) is 9.72. The van der Waals surface area contributed by atoms with E-state index in [1.54, 1.807) is 11.6 Å². The maximum absolute atomic E-state index is 12.4. The van der Waals surface area contributed by atoms with Crippen molar-refractivity contribution in [3.8, 4) is 17.0 Å². The fraction of sp³-hybridized carbons (Fsp3) is 0.217. The lowest BCUT2D eigenvalue weighted by Gasteiger charge is -2.07. The highest BCUT2D eigenvalue weighted by Crippen LogP contribution is 2.20. The Morgan fingerprint density at radius 1 is 1.03 bits per heavy atom. The van der Waals surface area contributed by atoms with Crippen molar-refractivity contribution in [1.29, 1.82) is 0 Å². The molecule has 0 saturated heterocycles. The summed E-state index contributed by atoms with van der Waals surface area (Å²) in [5, 5.41) is 15.9. The van der Waals surface area contributed by atoms with E-state index in [-0.39, 0.29) is 18.9 Å². The van der Waals surface area contributed by atoms with Crippen molar-refractivity contribution < 1.29 is 9.53 Å². The molecular weight excluding hydrogens is 378 g/mol. The number of nitrogens with one attached hydrogen (secondary N) is 1. The number of hydrogen-bond acceptors (Lipinski definition) is 5. The number of hydrogen-bond donors (Lipinski definition) is 1. The maximum Gasteiger partial charge on any atom is 0.224 e. The summed E-state index contributed by atoms with van der Waals surface area (Å²) in [5.41, 5.74) is 5.83. The number of carbonyl (C=O) groups is 1. The first kappa shape index (κ1) is 19.6. The SMILES string of the molecule is COc1cccc(CC(=O)NCc2nnc3ccc(-c4ccc(C)c(C)c4)nn23)c1. The molecule has 2 heterocycles. The van der Waals surface area contributed by atoms with Crippen LogP contribution < -0.4 is 10.1 Å². The summed E-state index contributed by atoms with van der Waals surface area (Å²) in [6.07, 6.45) is 0.259. The molecule has 0 aliphatic carbocycles. The quantitative estimate of drug-likeness (QED) is 0.536. The first-order chi connectivity index (χ1) is 14.5. The van der Waals surface area contributed by atoms with Crippen LogP contribution in [0.3, 0.4) is 0 Å². The molecular formula is C23H23N5O2. The van der Waals surface area contributed by atoms with E-state index in [0.29, 0.717) is 11.5 Å². The Labute approximate surface area is 174 Å². The van der Waals surface area contributed by atoms with Gasteiger partial charge >= 0.3 is 0 Å². The van der Waals surface area contributed by atoms with E-state index in [9.17, 15) is 4.79 Å². The molecule has 7 heteroatoms. The number of methoxy groups -OCH3 is 1. The number of fused-ring (bicyclic) bond motifs is 1. The van der Waals surface area contributed by atoms with Crippen LogP contribution in [-0.4, -0.2) is 32.8 Å². The second-order valence-corrected chi connectivity index (χ2v) is 7.21. The molecule has 0 aliphatic heterocycles. The van der Waals surface area contributed by atoms with Crippen LogP contribution in [0.15, 0.2) is 54.6 Å². The second kappa shape index (κ2) is 8.32. The van der Waals surface area contributed by atoms with Gasteiger partial charge in [0.1, 0.15) is 5.75 Å². The van der Waals surface area contributed by atoms with Gasteiger partial charge in [-0.1, -0.05) is 24.3 Å². The Kier molecular flexibility index (Phi) is 5.43. The molecule has 4 aromatic rings. The zero-order valence-electron chi connectivity index (χ0n) is 17.2. The van der Waals surface area contributed by atoms with Crippen molar-refractivity contribution in [3.05, 3.63) is 77.1 Å². The number of aryl methyl sites for hydroxylation is 2. The van der Waals surface area contributed by atoms with Gasteiger partial charge in [0.2, 0.25) is 5.91 Å². The number of aromatic nitrogens is 4. The minimum Gasteiger partial charge on any atom is -0.497 e. The summed E-state index contributed by atoms with van der Waals surface area (Å²) in [7, 11) is 1.61. The zero-order valence-corrected chi connectivity index (χ0v) is 17.2. The predicted octanol–water partition coefficient (Wildman–Crippen LogP) is 3.28. The topological polar surface area (TPSA) is 81.4 Å². The molecule has 1 amide bonds. The predicted molar refractivity (Wildman–Crippen MR) is 114 cm³/mol. The molecule has 30 heavy (non-hydrogen) atoms. The molecule has 0 radical (unpaired) electrons. The normalized spacial score (nSPS) is 10.9. The minimum atomic E-state index is -0.106. The van der Waals surface area contributed by atoms with Crippen molar-refractivity contribution >= 4 is 11.6 Å². The van der Waals surface area contributed by atoms with Crippen LogP contribution in [0.1, 0.15) is 22.5 Å². The molecule has 0 aliphatic rings. The van der Waals surface area contributed by atoms with Crippen LogP contribution in [0, 0.1) is 13.8 Å². The van der Waals surface area contributed by atoms with Crippen molar-refractivity contribution in [3.63, 3.8) is 0 Å².